The quantitative estimate of drug-likeness (QED) is 0.454. The molecule has 0 fully saturated rings. The number of aromatic nitrogens is 5. The first-order chi connectivity index (χ1) is 14.8. The number of halogens is 5. The summed E-state index contributed by atoms with van der Waals surface area (Å²) in [4.78, 5) is 7.63. The summed E-state index contributed by atoms with van der Waals surface area (Å²) in [6, 6.07) is 9.15. The summed E-state index contributed by atoms with van der Waals surface area (Å²) in [6.45, 7) is -1.44. The molecule has 3 heterocycles. The molecule has 0 unspecified atom stereocenters. The lowest BCUT2D eigenvalue weighted by molar-refractivity contribution is -0.115. The molecule has 0 radical (unpaired) electrons. The van der Waals surface area contributed by atoms with Crippen LogP contribution in [0, 0.1) is 11.6 Å². The van der Waals surface area contributed by atoms with Crippen LogP contribution in [0.4, 0.5) is 27.8 Å². The minimum Gasteiger partial charge on any atom is -0.364 e. The Bertz CT molecular complexity index is 1190. The second-order valence-corrected chi connectivity index (χ2v) is 6.41. The van der Waals surface area contributed by atoms with Crippen LogP contribution in [0.2, 0.25) is 0 Å². The molecule has 0 aliphatic heterocycles. The molecule has 0 saturated carbocycles. The van der Waals surface area contributed by atoms with Gasteiger partial charge in [-0.05, 0) is 12.1 Å². The van der Waals surface area contributed by atoms with Gasteiger partial charge >= 0.3 is 6.18 Å². The van der Waals surface area contributed by atoms with Gasteiger partial charge in [0, 0.05) is 11.6 Å². The molecule has 0 spiro atoms. The highest BCUT2D eigenvalue weighted by atomic mass is 19.4. The average Bonchev–Trinajstić information content (AvgIpc) is 3.38. The standard InChI is InChI=1S/C19H13F5N6O/c20-12-4-2-1-3-11(12)9-30-16(14-5-6-31-29-14)7-15(28-30)18-25-8-13(21)17(27-18)26-10-19(22,23)24/h1-8H,9-10H2,(H,25,26,27). The number of rotatable bonds is 6. The van der Waals surface area contributed by atoms with E-state index in [0.717, 1.165) is 6.20 Å². The van der Waals surface area contributed by atoms with Crippen molar-refractivity contribution in [1.29, 1.82) is 0 Å². The van der Waals surface area contributed by atoms with Gasteiger partial charge in [-0.2, -0.15) is 18.3 Å². The maximum Gasteiger partial charge on any atom is 0.405 e. The van der Waals surface area contributed by atoms with Crippen LogP contribution < -0.4 is 5.32 Å². The molecule has 7 nitrogen and oxygen atoms in total. The summed E-state index contributed by atoms with van der Waals surface area (Å²) < 4.78 is 71.6. The summed E-state index contributed by atoms with van der Waals surface area (Å²) >= 11 is 0. The molecule has 0 bridgehead atoms. The van der Waals surface area contributed by atoms with Crippen LogP contribution in [0.3, 0.4) is 0 Å². The monoisotopic (exact) mass is 436 g/mol. The molecule has 0 atom stereocenters. The van der Waals surface area contributed by atoms with Crippen LogP contribution >= 0.6 is 0 Å². The van der Waals surface area contributed by atoms with E-state index in [-0.39, 0.29) is 18.1 Å². The van der Waals surface area contributed by atoms with Crippen LogP contribution in [-0.4, -0.2) is 37.6 Å². The van der Waals surface area contributed by atoms with Gasteiger partial charge in [-0.15, -0.1) is 0 Å². The summed E-state index contributed by atoms with van der Waals surface area (Å²) in [5.74, 6) is -2.23. The van der Waals surface area contributed by atoms with Crippen LogP contribution in [0.25, 0.3) is 22.9 Å². The van der Waals surface area contributed by atoms with Gasteiger partial charge in [-0.1, -0.05) is 23.4 Å². The predicted molar refractivity (Wildman–Crippen MR) is 98.8 cm³/mol. The lowest BCUT2D eigenvalue weighted by atomic mass is 10.2. The molecule has 1 N–H and O–H groups in total. The third-order valence-electron chi connectivity index (χ3n) is 4.19. The smallest absolute Gasteiger partial charge is 0.364 e. The SMILES string of the molecule is Fc1ccccc1Cn1nc(-c2ncc(F)c(NCC(F)(F)F)n2)cc1-c1ccon1. The van der Waals surface area contributed by atoms with Crippen molar-refractivity contribution in [2.75, 3.05) is 11.9 Å². The number of benzene rings is 1. The third kappa shape index (κ3) is 4.68. The Hall–Kier alpha value is -3.83. The molecule has 31 heavy (non-hydrogen) atoms. The normalized spacial score (nSPS) is 11.6. The molecule has 4 rings (SSSR count). The predicted octanol–water partition coefficient (Wildman–Crippen LogP) is 4.30. The van der Waals surface area contributed by atoms with Gasteiger partial charge in [0.15, 0.2) is 17.5 Å². The second kappa shape index (κ2) is 8.13. The van der Waals surface area contributed by atoms with E-state index in [1.165, 1.54) is 23.1 Å². The van der Waals surface area contributed by atoms with Crippen molar-refractivity contribution in [1.82, 2.24) is 24.9 Å². The second-order valence-electron chi connectivity index (χ2n) is 6.41. The van der Waals surface area contributed by atoms with Gasteiger partial charge in [-0.25, -0.2) is 18.7 Å². The maximum atomic E-state index is 14.1. The van der Waals surface area contributed by atoms with Crippen molar-refractivity contribution >= 4 is 5.82 Å². The molecule has 12 heteroatoms. The lowest BCUT2D eigenvalue weighted by Crippen LogP contribution is -2.22. The van der Waals surface area contributed by atoms with Gasteiger partial charge < -0.3 is 9.84 Å². The number of hydrogen-bond donors (Lipinski definition) is 1. The number of hydrogen-bond acceptors (Lipinski definition) is 6. The zero-order valence-corrected chi connectivity index (χ0v) is 15.6. The third-order valence-corrected chi connectivity index (χ3v) is 4.19. The van der Waals surface area contributed by atoms with Crippen molar-refractivity contribution in [2.24, 2.45) is 0 Å². The van der Waals surface area contributed by atoms with E-state index in [0.29, 0.717) is 17.0 Å². The fraction of sp³-hybridized carbons (Fsp3) is 0.158. The molecule has 1 aromatic carbocycles. The Kier molecular flexibility index (Phi) is 5.36. The van der Waals surface area contributed by atoms with Crippen molar-refractivity contribution in [2.45, 2.75) is 12.7 Å². The molecule has 0 aliphatic rings. The molecular weight excluding hydrogens is 423 g/mol. The van der Waals surface area contributed by atoms with Gasteiger partial charge in [0.25, 0.3) is 0 Å². The van der Waals surface area contributed by atoms with Crippen molar-refractivity contribution in [3.63, 3.8) is 0 Å². The molecule has 3 aromatic heterocycles. The number of nitrogens with zero attached hydrogens (tertiary/aromatic N) is 5. The summed E-state index contributed by atoms with van der Waals surface area (Å²) in [5, 5.41) is 10.1. The van der Waals surface area contributed by atoms with E-state index in [9.17, 15) is 22.0 Å². The Balaban J connectivity index is 1.72. The fourth-order valence-corrected chi connectivity index (χ4v) is 2.78. The van der Waals surface area contributed by atoms with Crippen molar-refractivity contribution in [3.8, 4) is 22.9 Å². The molecule has 4 aromatic rings. The fourth-order valence-electron chi connectivity index (χ4n) is 2.78. The number of nitrogens with one attached hydrogen (secondary N) is 1. The molecule has 160 valence electrons. The van der Waals surface area contributed by atoms with Crippen molar-refractivity contribution < 1.29 is 26.5 Å². The molecule has 0 amide bonds. The number of anilines is 1. The van der Waals surface area contributed by atoms with Crippen LogP contribution in [0.1, 0.15) is 5.56 Å². The summed E-state index contributed by atoms with van der Waals surface area (Å²) in [5.41, 5.74) is 1.27. The summed E-state index contributed by atoms with van der Waals surface area (Å²) in [7, 11) is 0. The Morgan fingerprint density at radius 1 is 1.03 bits per heavy atom. The van der Waals surface area contributed by atoms with E-state index < -0.39 is 30.2 Å². The minimum absolute atomic E-state index is 0.0231. The zero-order chi connectivity index (χ0) is 22.0. The lowest BCUT2D eigenvalue weighted by Gasteiger charge is -2.09. The first-order valence-corrected chi connectivity index (χ1v) is 8.86. The van der Waals surface area contributed by atoms with E-state index in [1.807, 2.05) is 5.32 Å². The van der Waals surface area contributed by atoms with E-state index in [2.05, 4.69) is 20.2 Å². The topological polar surface area (TPSA) is 81.7 Å². The molecule has 0 aliphatic carbocycles. The highest BCUT2D eigenvalue weighted by Crippen LogP contribution is 2.26. The van der Waals surface area contributed by atoms with E-state index >= 15 is 0 Å². The van der Waals surface area contributed by atoms with Gasteiger partial charge in [-0.3, -0.25) is 4.68 Å². The maximum absolute atomic E-state index is 14.1. The number of alkyl halides is 3. The Labute approximate surface area is 171 Å². The Morgan fingerprint density at radius 2 is 1.84 bits per heavy atom. The zero-order valence-electron chi connectivity index (χ0n) is 15.6. The van der Waals surface area contributed by atoms with Crippen LogP contribution in [-0.2, 0) is 6.54 Å². The van der Waals surface area contributed by atoms with E-state index in [1.54, 1.807) is 24.3 Å². The highest BCUT2D eigenvalue weighted by Gasteiger charge is 2.27. The van der Waals surface area contributed by atoms with Gasteiger partial charge in [0.05, 0.1) is 18.4 Å². The molecular formula is C19H13F5N6O. The average molecular weight is 436 g/mol. The van der Waals surface area contributed by atoms with Crippen molar-refractivity contribution in [3.05, 3.63) is 66.1 Å². The summed E-state index contributed by atoms with van der Waals surface area (Å²) in [6.07, 6.45) is -2.48. The Morgan fingerprint density at radius 3 is 2.55 bits per heavy atom. The molecule has 0 saturated heterocycles. The first-order valence-electron chi connectivity index (χ1n) is 8.86. The largest absolute Gasteiger partial charge is 0.405 e. The van der Waals surface area contributed by atoms with E-state index in [4.69, 9.17) is 4.52 Å². The van der Waals surface area contributed by atoms with Crippen LogP contribution in [0.15, 0.2) is 53.4 Å². The minimum atomic E-state index is -4.56. The van der Waals surface area contributed by atoms with Gasteiger partial charge in [0.1, 0.15) is 30.0 Å². The van der Waals surface area contributed by atoms with Gasteiger partial charge in [0.2, 0.25) is 0 Å². The van der Waals surface area contributed by atoms with Crippen LogP contribution in [0.5, 0.6) is 0 Å². The first kappa shape index (κ1) is 20.4. The highest BCUT2D eigenvalue weighted by molar-refractivity contribution is 5.63.